The first-order valence-corrected chi connectivity index (χ1v) is 6.11. The van der Waals surface area contributed by atoms with Crippen LogP contribution in [0, 0.1) is 0 Å². The maximum Gasteiger partial charge on any atom is 0.140 e. The zero-order valence-corrected chi connectivity index (χ0v) is 9.04. The molecule has 0 bridgehead atoms. The fourth-order valence-electron chi connectivity index (χ4n) is 2.35. The second-order valence-corrected chi connectivity index (χ2v) is 4.86. The van der Waals surface area contributed by atoms with Crippen molar-refractivity contribution in [2.45, 2.75) is 57.0 Å². The highest BCUT2D eigenvalue weighted by atomic mass is 16.5. The summed E-state index contributed by atoms with van der Waals surface area (Å²) in [6, 6.07) is 2.89. The van der Waals surface area contributed by atoms with Crippen LogP contribution in [-0.4, -0.2) is 11.2 Å². The van der Waals surface area contributed by atoms with Crippen LogP contribution < -0.4 is 5.32 Å². The van der Waals surface area contributed by atoms with Gasteiger partial charge in [0.05, 0.1) is 5.69 Å². The van der Waals surface area contributed by atoms with Crippen molar-refractivity contribution in [3.8, 4) is 0 Å². The molecule has 2 aliphatic rings. The van der Waals surface area contributed by atoms with E-state index in [1.165, 1.54) is 38.5 Å². The number of aromatic nitrogens is 1. The van der Waals surface area contributed by atoms with Crippen LogP contribution in [0.15, 0.2) is 10.6 Å². The Morgan fingerprint density at radius 3 is 2.80 bits per heavy atom. The van der Waals surface area contributed by atoms with Gasteiger partial charge in [0.25, 0.3) is 0 Å². The van der Waals surface area contributed by atoms with Gasteiger partial charge in [0.2, 0.25) is 0 Å². The minimum atomic E-state index is 0.646. The summed E-state index contributed by atoms with van der Waals surface area (Å²) in [4.78, 5) is 0. The van der Waals surface area contributed by atoms with E-state index in [1.54, 1.807) is 0 Å². The first-order chi connectivity index (χ1) is 7.42. The Kier molecular flexibility index (Phi) is 2.49. The number of nitrogens with one attached hydrogen (secondary N) is 1. The molecule has 0 radical (unpaired) electrons. The summed E-state index contributed by atoms with van der Waals surface area (Å²) in [5.74, 6) is 1.76. The van der Waals surface area contributed by atoms with Gasteiger partial charge in [-0.3, -0.25) is 0 Å². The number of hydrogen-bond acceptors (Lipinski definition) is 3. The average Bonchev–Trinajstić information content (AvgIpc) is 2.78. The molecule has 1 aromatic heterocycles. The van der Waals surface area contributed by atoms with Crippen molar-refractivity contribution in [1.29, 1.82) is 0 Å². The highest BCUT2D eigenvalue weighted by Crippen LogP contribution is 2.34. The lowest BCUT2D eigenvalue weighted by molar-refractivity contribution is 0.354. The maximum atomic E-state index is 5.41. The van der Waals surface area contributed by atoms with Crippen molar-refractivity contribution in [2.75, 3.05) is 0 Å². The van der Waals surface area contributed by atoms with Crippen LogP contribution in [0.1, 0.15) is 55.9 Å². The van der Waals surface area contributed by atoms with Crippen molar-refractivity contribution in [2.24, 2.45) is 0 Å². The van der Waals surface area contributed by atoms with Gasteiger partial charge in [0.15, 0.2) is 0 Å². The van der Waals surface area contributed by atoms with Crippen molar-refractivity contribution in [3.05, 3.63) is 17.5 Å². The third kappa shape index (κ3) is 2.23. The van der Waals surface area contributed by atoms with E-state index in [-0.39, 0.29) is 0 Å². The molecule has 82 valence electrons. The van der Waals surface area contributed by atoms with E-state index in [0.717, 1.165) is 24.0 Å². The van der Waals surface area contributed by atoms with Gasteiger partial charge in [-0.25, -0.2) is 0 Å². The molecule has 3 heteroatoms. The van der Waals surface area contributed by atoms with Crippen LogP contribution in [0.3, 0.4) is 0 Å². The summed E-state index contributed by atoms with van der Waals surface area (Å²) in [6.07, 6.45) is 7.91. The fourth-order valence-corrected chi connectivity index (χ4v) is 2.35. The minimum Gasteiger partial charge on any atom is -0.361 e. The molecule has 3 rings (SSSR count). The van der Waals surface area contributed by atoms with Crippen LogP contribution >= 0.6 is 0 Å². The molecule has 1 aromatic rings. The zero-order chi connectivity index (χ0) is 10.1. The molecule has 0 aromatic carbocycles. The average molecular weight is 206 g/mol. The van der Waals surface area contributed by atoms with E-state index in [2.05, 4.69) is 16.5 Å². The summed E-state index contributed by atoms with van der Waals surface area (Å²) in [6.45, 7) is 0.876. The maximum absolute atomic E-state index is 5.41. The van der Waals surface area contributed by atoms with E-state index < -0.39 is 0 Å². The van der Waals surface area contributed by atoms with Crippen LogP contribution in [0.4, 0.5) is 0 Å². The Bertz CT molecular complexity index is 324. The van der Waals surface area contributed by atoms with Gasteiger partial charge >= 0.3 is 0 Å². The Morgan fingerprint density at radius 2 is 2.07 bits per heavy atom. The van der Waals surface area contributed by atoms with E-state index in [4.69, 9.17) is 4.52 Å². The van der Waals surface area contributed by atoms with Gasteiger partial charge in [-0.05, 0) is 25.7 Å². The van der Waals surface area contributed by atoms with Crippen LogP contribution in [0.2, 0.25) is 0 Å². The zero-order valence-electron chi connectivity index (χ0n) is 9.04. The second-order valence-electron chi connectivity index (χ2n) is 4.86. The first-order valence-electron chi connectivity index (χ1n) is 6.11. The molecule has 2 fully saturated rings. The monoisotopic (exact) mass is 206 g/mol. The molecule has 0 amide bonds. The molecule has 0 saturated heterocycles. The standard InChI is InChI=1S/C12H18N2O/c1-2-4-9(3-1)12-7-11(14-15-12)8-13-10-5-6-10/h7,9-10,13H,1-6,8H2. The summed E-state index contributed by atoms with van der Waals surface area (Å²) in [5, 5.41) is 7.58. The van der Waals surface area contributed by atoms with Gasteiger partial charge in [-0.15, -0.1) is 0 Å². The lowest BCUT2D eigenvalue weighted by Gasteiger charge is -2.00. The Hall–Kier alpha value is -0.830. The molecule has 0 aliphatic heterocycles. The van der Waals surface area contributed by atoms with E-state index in [0.29, 0.717) is 5.92 Å². The van der Waals surface area contributed by atoms with Crippen molar-refractivity contribution in [1.82, 2.24) is 10.5 Å². The molecule has 2 saturated carbocycles. The van der Waals surface area contributed by atoms with Crippen LogP contribution in [-0.2, 0) is 6.54 Å². The summed E-state index contributed by atoms with van der Waals surface area (Å²) in [7, 11) is 0. The molecule has 3 nitrogen and oxygen atoms in total. The van der Waals surface area contributed by atoms with Gasteiger partial charge in [0, 0.05) is 24.6 Å². The molecular formula is C12H18N2O. The first kappa shape index (κ1) is 9.40. The van der Waals surface area contributed by atoms with Gasteiger partial charge in [-0.2, -0.15) is 0 Å². The lowest BCUT2D eigenvalue weighted by atomic mass is 10.1. The highest BCUT2D eigenvalue weighted by Gasteiger charge is 2.23. The molecule has 1 N–H and O–H groups in total. The molecule has 0 unspecified atom stereocenters. The van der Waals surface area contributed by atoms with Crippen molar-refractivity contribution in [3.63, 3.8) is 0 Å². The molecule has 2 aliphatic carbocycles. The van der Waals surface area contributed by atoms with Crippen LogP contribution in [0.25, 0.3) is 0 Å². The Labute approximate surface area is 90.2 Å². The molecule has 1 heterocycles. The quantitative estimate of drug-likeness (QED) is 0.822. The van der Waals surface area contributed by atoms with Crippen molar-refractivity contribution >= 4 is 0 Å². The molecular weight excluding hydrogens is 188 g/mol. The topological polar surface area (TPSA) is 38.1 Å². The number of rotatable bonds is 4. The SMILES string of the molecule is c1c(CNC2CC2)noc1C1CCCC1. The highest BCUT2D eigenvalue weighted by molar-refractivity contribution is 5.11. The third-order valence-electron chi connectivity index (χ3n) is 3.48. The summed E-state index contributed by atoms with van der Waals surface area (Å²) >= 11 is 0. The normalized spacial score (nSPS) is 22.4. The van der Waals surface area contributed by atoms with Gasteiger partial charge in [-0.1, -0.05) is 18.0 Å². The Balaban J connectivity index is 1.59. The molecule has 15 heavy (non-hydrogen) atoms. The van der Waals surface area contributed by atoms with Crippen molar-refractivity contribution < 1.29 is 4.52 Å². The fraction of sp³-hybridized carbons (Fsp3) is 0.750. The Morgan fingerprint density at radius 1 is 1.27 bits per heavy atom. The van der Waals surface area contributed by atoms with Crippen LogP contribution in [0.5, 0.6) is 0 Å². The van der Waals surface area contributed by atoms with E-state index in [1.807, 2.05) is 0 Å². The summed E-state index contributed by atoms with van der Waals surface area (Å²) in [5.41, 5.74) is 1.07. The van der Waals surface area contributed by atoms with E-state index in [9.17, 15) is 0 Å². The third-order valence-corrected chi connectivity index (χ3v) is 3.48. The molecule has 0 atom stereocenters. The second kappa shape index (κ2) is 3.97. The van der Waals surface area contributed by atoms with Gasteiger partial charge < -0.3 is 9.84 Å². The number of hydrogen-bond donors (Lipinski definition) is 1. The smallest absolute Gasteiger partial charge is 0.140 e. The van der Waals surface area contributed by atoms with E-state index >= 15 is 0 Å². The summed E-state index contributed by atoms with van der Waals surface area (Å²) < 4.78 is 5.41. The molecule has 0 spiro atoms. The lowest BCUT2D eigenvalue weighted by Crippen LogP contribution is -2.15. The van der Waals surface area contributed by atoms with Gasteiger partial charge in [0.1, 0.15) is 5.76 Å². The predicted molar refractivity (Wildman–Crippen MR) is 57.6 cm³/mol. The number of nitrogens with zero attached hydrogens (tertiary/aromatic N) is 1. The predicted octanol–water partition coefficient (Wildman–Crippen LogP) is 2.58. The largest absolute Gasteiger partial charge is 0.361 e. The minimum absolute atomic E-state index is 0.646.